The molecule has 0 N–H and O–H groups in total. The Hall–Kier alpha value is -2.25. The highest BCUT2D eigenvalue weighted by Gasteiger charge is 2.43. The Morgan fingerprint density at radius 3 is 2.22 bits per heavy atom. The number of Topliss-reactive ketones (excluding diaryl/α,β-unsaturated/α-hetero) is 1. The van der Waals surface area contributed by atoms with Crippen LogP contribution in [0.2, 0.25) is 0 Å². The topological polar surface area (TPSA) is 49.4 Å². The van der Waals surface area contributed by atoms with Gasteiger partial charge in [-0.3, -0.25) is 4.79 Å². The smallest absolute Gasteiger partial charge is 0.416 e. The molecule has 0 bridgehead atoms. The van der Waals surface area contributed by atoms with Crippen LogP contribution >= 0.6 is 0 Å². The van der Waals surface area contributed by atoms with E-state index < -0.39 is 28.5 Å². The molecule has 7 heteroatoms. The summed E-state index contributed by atoms with van der Waals surface area (Å²) in [6.45, 7) is 3.15. The van der Waals surface area contributed by atoms with Crippen molar-refractivity contribution in [3.05, 3.63) is 65.2 Å². The van der Waals surface area contributed by atoms with Crippen LogP contribution in [0, 0.1) is 0 Å². The Kier molecular flexibility index (Phi) is 4.86. The minimum Gasteiger partial charge on any atom is -0.612 e. The standard InChI is InChI=1S/C20H17F3O3S/c1-19(2)18(24)16(13-5-4-6-14(11-13)20(21,22)23)17(26-19)12-7-9-15(10-8-12)27(3)25/h4-11H,1-3H3. The van der Waals surface area contributed by atoms with Crippen LogP contribution in [0.4, 0.5) is 13.2 Å². The molecule has 0 aromatic heterocycles. The van der Waals surface area contributed by atoms with Crippen molar-refractivity contribution in [3.63, 3.8) is 0 Å². The second kappa shape index (κ2) is 6.73. The summed E-state index contributed by atoms with van der Waals surface area (Å²) in [7, 11) is 0. The van der Waals surface area contributed by atoms with Crippen molar-refractivity contribution in [2.45, 2.75) is 30.5 Å². The zero-order valence-electron chi connectivity index (χ0n) is 14.9. The summed E-state index contributed by atoms with van der Waals surface area (Å²) < 4.78 is 56.6. The van der Waals surface area contributed by atoms with Crippen LogP contribution in [-0.4, -0.2) is 22.2 Å². The third kappa shape index (κ3) is 3.75. The summed E-state index contributed by atoms with van der Waals surface area (Å²) in [5, 5.41) is 0. The van der Waals surface area contributed by atoms with Crippen LogP contribution in [0.15, 0.2) is 53.4 Å². The molecule has 0 fully saturated rings. The highest BCUT2D eigenvalue weighted by Crippen LogP contribution is 2.42. The van der Waals surface area contributed by atoms with Crippen molar-refractivity contribution in [1.82, 2.24) is 0 Å². The van der Waals surface area contributed by atoms with Crippen molar-refractivity contribution in [1.29, 1.82) is 0 Å². The first-order chi connectivity index (χ1) is 12.5. The van der Waals surface area contributed by atoms with E-state index in [2.05, 4.69) is 0 Å². The van der Waals surface area contributed by atoms with E-state index in [0.29, 0.717) is 10.5 Å². The first-order valence-corrected chi connectivity index (χ1v) is 9.66. The number of ether oxygens (including phenoxy) is 1. The number of rotatable bonds is 3. The average molecular weight is 394 g/mol. The molecular formula is C20H17F3O3S. The van der Waals surface area contributed by atoms with Gasteiger partial charge in [-0.25, -0.2) is 0 Å². The van der Waals surface area contributed by atoms with E-state index in [1.165, 1.54) is 12.1 Å². The van der Waals surface area contributed by atoms with Crippen molar-refractivity contribution in [2.75, 3.05) is 6.26 Å². The lowest BCUT2D eigenvalue weighted by Gasteiger charge is -2.18. The molecule has 1 unspecified atom stereocenters. The molecule has 2 aromatic rings. The molecule has 0 radical (unpaired) electrons. The highest BCUT2D eigenvalue weighted by molar-refractivity contribution is 7.90. The van der Waals surface area contributed by atoms with Gasteiger partial charge in [-0.15, -0.1) is 0 Å². The van der Waals surface area contributed by atoms with Gasteiger partial charge in [-0.05, 0) is 67.0 Å². The van der Waals surface area contributed by atoms with Gasteiger partial charge >= 0.3 is 6.18 Å². The molecule has 1 aliphatic rings. The second-order valence-electron chi connectivity index (χ2n) is 6.70. The first kappa shape index (κ1) is 19.5. The van der Waals surface area contributed by atoms with Crippen LogP contribution in [-0.2, 0) is 26.9 Å². The van der Waals surface area contributed by atoms with Crippen molar-refractivity contribution in [2.24, 2.45) is 0 Å². The maximum Gasteiger partial charge on any atom is 0.416 e. The number of halogens is 3. The molecule has 1 aliphatic heterocycles. The Bertz CT molecular complexity index is 913. The van der Waals surface area contributed by atoms with Crippen LogP contribution < -0.4 is 0 Å². The van der Waals surface area contributed by atoms with E-state index in [-0.39, 0.29) is 22.7 Å². The fraction of sp³-hybridized carbons (Fsp3) is 0.250. The maximum atomic E-state index is 13.1. The molecule has 3 rings (SSSR count). The SMILES string of the molecule is C[S+]([O-])c1ccc(C2=C(c3cccc(C(F)(F)F)c3)C(=O)C(C)(C)O2)cc1. The van der Waals surface area contributed by atoms with E-state index in [0.717, 1.165) is 12.1 Å². The minimum atomic E-state index is -4.51. The summed E-state index contributed by atoms with van der Waals surface area (Å²) in [6, 6.07) is 11.2. The molecule has 142 valence electrons. The molecule has 3 nitrogen and oxygen atoms in total. The highest BCUT2D eigenvalue weighted by atomic mass is 32.2. The zero-order valence-corrected chi connectivity index (χ0v) is 15.7. The van der Waals surface area contributed by atoms with Crippen LogP contribution in [0.3, 0.4) is 0 Å². The van der Waals surface area contributed by atoms with Crippen LogP contribution in [0.1, 0.15) is 30.5 Å². The largest absolute Gasteiger partial charge is 0.612 e. The average Bonchev–Trinajstić information content (AvgIpc) is 2.84. The van der Waals surface area contributed by atoms with Gasteiger partial charge in [0, 0.05) is 5.56 Å². The van der Waals surface area contributed by atoms with Gasteiger partial charge < -0.3 is 9.29 Å². The number of ketones is 1. The molecule has 0 saturated heterocycles. The summed E-state index contributed by atoms with van der Waals surface area (Å²) in [5.41, 5.74) is -1.22. The first-order valence-electron chi connectivity index (χ1n) is 8.10. The monoisotopic (exact) mass is 394 g/mol. The van der Waals surface area contributed by atoms with Crippen LogP contribution in [0.25, 0.3) is 11.3 Å². The van der Waals surface area contributed by atoms with Gasteiger partial charge in [0.1, 0.15) is 12.0 Å². The van der Waals surface area contributed by atoms with Gasteiger partial charge in [-0.1, -0.05) is 12.1 Å². The molecule has 1 atom stereocenters. The number of alkyl halides is 3. The van der Waals surface area contributed by atoms with Gasteiger partial charge in [0.25, 0.3) is 0 Å². The van der Waals surface area contributed by atoms with Gasteiger partial charge in [0.05, 0.1) is 11.1 Å². The van der Waals surface area contributed by atoms with Crippen molar-refractivity contribution < 1.29 is 27.3 Å². The summed E-state index contributed by atoms with van der Waals surface area (Å²) >= 11 is -1.17. The van der Waals surface area contributed by atoms with Gasteiger partial charge in [0.15, 0.2) is 10.5 Å². The predicted molar refractivity (Wildman–Crippen MR) is 97.2 cm³/mol. The van der Waals surface area contributed by atoms with Gasteiger partial charge in [-0.2, -0.15) is 13.2 Å². The molecule has 2 aromatic carbocycles. The van der Waals surface area contributed by atoms with Crippen molar-refractivity contribution in [3.8, 4) is 0 Å². The molecular weight excluding hydrogens is 377 g/mol. The lowest BCUT2D eigenvalue weighted by Crippen LogP contribution is -2.29. The number of carbonyl (C=O) groups excluding carboxylic acids is 1. The quantitative estimate of drug-likeness (QED) is 0.710. The van der Waals surface area contributed by atoms with Gasteiger partial charge in [0.2, 0.25) is 5.78 Å². The molecule has 0 spiro atoms. The molecule has 0 aliphatic carbocycles. The zero-order chi connectivity index (χ0) is 20.0. The predicted octanol–water partition coefficient (Wildman–Crippen LogP) is 4.69. The Morgan fingerprint density at radius 1 is 1.04 bits per heavy atom. The van der Waals surface area contributed by atoms with E-state index in [1.54, 1.807) is 44.4 Å². The third-order valence-corrected chi connectivity index (χ3v) is 5.22. The normalized spacial score (nSPS) is 17.8. The van der Waals surface area contributed by atoms with E-state index in [1.807, 2.05) is 0 Å². The molecule has 27 heavy (non-hydrogen) atoms. The van der Waals surface area contributed by atoms with E-state index >= 15 is 0 Å². The number of carbonyl (C=O) groups is 1. The Morgan fingerprint density at radius 2 is 1.67 bits per heavy atom. The summed E-state index contributed by atoms with van der Waals surface area (Å²) in [6.07, 6.45) is -2.97. The fourth-order valence-electron chi connectivity index (χ4n) is 2.87. The van der Waals surface area contributed by atoms with Crippen molar-refractivity contribution >= 4 is 28.3 Å². The lowest BCUT2D eigenvalue weighted by atomic mass is 9.92. The number of benzene rings is 2. The fourth-order valence-corrected chi connectivity index (χ4v) is 3.39. The van der Waals surface area contributed by atoms with E-state index in [4.69, 9.17) is 4.74 Å². The number of hydrogen-bond acceptors (Lipinski definition) is 3. The minimum absolute atomic E-state index is 0.108. The van der Waals surface area contributed by atoms with E-state index in [9.17, 15) is 22.5 Å². The summed E-state index contributed by atoms with van der Waals surface area (Å²) in [5.74, 6) is -0.169. The molecule has 0 saturated carbocycles. The number of hydrogen-bond donors (Lipinski definition) is 0. The second-order valence-corrected chi connectivity index (χ2v) is 8.08. The molecule has 0 amide bonds. The molecule has 1 heterocycles. The Labute approximate surface area is 158 Å². The third-order valence-electron chi connectivity index (χ3n) is 4.29. The Balaban J connectivity index is 2.15. The maximum absolute atomic E-state index is 13.1. The van der Waals surface area contributed by atoms with Crippen LogP contribution in [0.5, 0.6) is 0 Å². The summed E-state index contributed by atoms with van der Waals surface area (Å²) in [4.78, 5) is 13.4. The lowest BCUT2D eigenvalue weighted by molar-refractivity contribution is -0.137.